The van der Waals surface area contributed by atoms with Gasteiger partial charge in [0.05, 0.1) is 10.6 Å². The number of hydrogen-bond acceptors (Lipinski definition) is 4. The van der Waals surface area contributed by atoms with Crippen LogP contribution in [0.5, 0.6) is 0 Å². The second-order valence-corrected chi connectivity index (χ2v) is 5.54. The number of aromatic amines is 1. The number of H-pyrrole nitrogens is 1. The second kappa shape index (κ2) is 6.52. The molecule has 2 rings (SSSR count). The lowest BCUT2D eigenvalue weighted by Crippen LogP contribution is -2.19. The summed E-state index contributed by atoms with van der Waals surface area (Å²) in [6.45, 7) is 3.33. The summed E-state index contributed by atoms with van der Waals surface area (Å²) in [5, 5.41) is 14.9. The van der Waals surface area contributed by atoms with Gasteiger partial charge in [0.25, 0.3) is 11.6 Å². The maximum atomic E-state index is 11.8. The van der Waals surface area contributed by atoms with E-state index < -0.39 is 10.8 Å². The third-order valence-corrected chi connectivity index (χ3v) is 3.50. The van der Waals surface area contributed by atoms with E-state index in [1.54, 1.807) is 38.2 Å². The summed E-state index contributed by atoms with van der Waals surface area (Å²) >= 11 is 3.23. The van der Waals surface area contributed by atoms with Crippen molar-refractivity contribution in [3.63, 3.8) is 0 Å². The standard InChI is InChI=1S/C14H13BrN4O3/c1-8-3-4-10(5-13(8)19(21)22)9(2)17-18-14(20)12-6-11(15)7-16-12/h3-7,16H,1-2H3,(H,18,20)/b17-9-. The van der Waals surface area contributed by atoms with Crippen molar-refractivity contribution >= 4 is 33.2 Å². The highest BCUT2D eigenvalue weighted by Crippen LogP contribution is 2.19. The number of nitrogens with zero attached hydrogens (tertiary/aromatic N) is 2. The molecule has 0 atom stereocenters. The molecule has 0 radical (unpaired) electrons. The molecule has 1 heterocycles. The maximum absolute atomic E-state index is 11.8. The Morgan fingerprint density at radius 3 is 2.73 bits per heavy atom. The van der Waals surface area contributed by atoms with Gasteiger partial charge in [-0.3, -0.25) is 14.9 Å². The molecule has 114 valence electrons. The van der Waals surface area contributed by atoms with E-state index in [-0.39, 0.29) is 5.69 Å². The number of nitro benzene ring substituents is 1. The average Bonchev–Trinajstić information content (AvgIpc) is 2.91. The van der Waals surface area contributed by atoms with Crippen molar-refractivity contribution in [2.75, 3.05) is 0 Å². The molecule has 7 nitrogen and oxygen atoms in total. The van der Waals surface area contributed by atoms with Crippen molar-refractivity contribution in [1.29, 1.82) is 0 Å². The Morgan fingerprint density at radius 2 is 2.14 bits per heavy atom. The Balaban J connectivity index is 2.17. The molecule has 1 aromatic heterocycles. The van der Waals surface area contributed by atoms with E-state index in [1.807, 2.05) is 0 Å². The Kier molecular flexibility index (Phi) is 4.71. The van der Waals surface area contributed by atoms with Crippen LogP contribution in [-0.2, 0) is 0 Å². The molecule has 0 saturated heterocycles. The SMILES string of the molecule is C/C(=N/NC(=O)c1cc(Br)c[nH]1)c1ccc(C)c([N+](=O)[O-])c1. The lowest BCUT2D eigenvalue weighted by molar-refractivity contribution is -0.385. The summed E-state index contributed by atoms with van der Waals surface area (Å²) in [6.07, 6.45) is 1.63. The number of hydrogen-bond donors (Lipinski definition) is 2. The van der Waals surface area contributed by atoms with Crippen LogP contribution in [0.15, 0.2) is 40.0 Å². The number of carbonyl (C=O) groups excluding carboxylic acids is 1. The molecule has 2 aromatic rings. The molecule has 0 saturated carbocycles. The molecule has 1 aromatic carbocycles. The molecule has 0 aliphatic rings. The van der Waals surface area contributed by atoms with E-state index in [1.165, 1.54) is 6.07 Å². The second-order valence-electron chi connectivity index (χ2n) is 4.63. The zero-order chi connectivity index (χ0) is 16.3. The zero-order valence-electron chi connectivity index (χ0n) is 11.9. The first-order valence-electron chi connectivity index (χ1n) is 6.32. The molecule has 0 spiro atoms. The van der Waals surface area contributed by atoms with Gasteiger partial charge in [-0.05, 0) is 35.8 Å². The number of carbonyl (C=O) groups is 1. The minimum atomic E-state index is -0.443. The highest BCUT2D eigenvalue weighted by molar-refractivity contribution is 9.10. The number of benzene rings is 1. The van der Waals surface area contributed by atoms with Gasteiger partial charge in [-0.1, -0.05) is 12.1 Å². The van der Waals surface area contributed by atoms with Gasteiger partial charge in [-0.2, -0.15) is 5.10 Å². The molecule has 1 amide bonds. The van der Waals surface area contributed by atoms with Crippen LogP contribution >= 0.6 is 15.9 Å². The molecule has 0 bridgehead atoms. The van der Waals surface area contributed by atoms with Crippen molar-refractivity contribution in [3.8, 4) is 0 Å². The van der Waals surface area contributed by atoms with Crippen LogP contribution in [-0.4, -0.2) is 21.5 Å². The van der Waals surface area contributed by atoms with Crippen molar-refractivity contribution in [1.82, 2.24) is 10.4 Å². The summed E-state index contributed by atoms with van der Waals surface area (Å²) in [5.41, 5.74) is 4.40. The first kappa shape index (κ1) is 15.9. The maximum Gasteiger partial charge on any atom is 0.287 e. The third-order valence-electron chi connectivity index (χ3n) is 3.04. The number of nitro groups is 1. The Labute approximate surface area is 134 Å². The molecule has 0 fully saturated rings. The molecule has 8 heteroatoms. The topological polar surface area (TPSA) is 100 Å². The fraction of sp³-hybridized carbons (Fsp3) is 0.143. The van der Waals surface area contributed by atoms with E-state index in [9.17, 15) is 14.9 Å². The van der Waals surface area contributed by atoms with Crippen molar-refractivity contribution < 1.29 is 9.72 Å². The van der Waals surface area contributed by atoms with Crippen LogP contribution in [0.2, 0.25) is 0 Å². The van der Waals surface area contributed by atoms with E-state index in [0.29, 0.717) is 22.5 Å². The minimum Gasteiger partial charge on any atom is -0.356 e. The number of aromatic nitrogens is 1. The van der Waals surface area contributed by atoms with Gasteiger partial charge < -0.3 is 4.98 Å². The number of amides is 1. The molecule has 2 N–H and O–H groups in total. The molecule has 22 heavy (non-hydrogen) atoms. The number of aryl methyl sites for hydroxylation is 1. The Hall–Kier alpha value is -2.48. The highest BCUT2D eigenvalue weighted by Gasteiger charge is 2.12. The number of halogens is 1. The van der Waals surface area contributed by atoms with Crippen molar-refractivity contribution in [2.24, 2.45) is 5.10 Å². The first-order chi connectivity index (χ1) is 10.4. The summed E-state index contributed by atoms with van der Waals surface area (Å²) in [7, 11) is 0. The summed E-state index contributed by atoms with van der Waals surface area (Å²) in [4.78, 5) is 25.1. The lowest BCUT2D eigenvalue weighted by Gasteiger charge is -2.03. The predicted molar refractivity (Wildman–Crippen MR) is 86.0 cm³/mol. The summed E-state index contributed by atoms with van der Waals surface area (Å²) in [6, 6.07) is 6.43. The Bertz CT molecular complexity index is 767. The van der Waals surface area contributed by atoms with Gasteiger partial charge in [-0.25, -0.2) is 5.43 Å². The third kappa shape index (κ3) is 3.59. The van der Waals surface area contributed by atoms with E-state index >= 15 is 0 Å². The minimum absolute atomic E-state index is 0.0201. The van der Waals surface area contributed by atoms with Crippen molar-refractivity contribution in [3.05, 3.63) is 61.9 Å². The van der Waals surface area contributed by atoms with Gasteiger partial charge in [0.15, 0.2) is 0 Å². The summed E-state index contributed by atoms with van der Waals surface area (Å²) in [5.74, 6) is -0.397. The van der Waals surface area contributed by atoms with Crippen molar-refractivity contribution in [2.45, 2.75) is 13.8 Å². The molecular formula is C14H13BrN4O3. The highest BCUT2D eigenvalue weighted by atomic mass is 79.9. The number of rotatable bonds is 4. The van der Waals surface area contributed by atoms with E-state index in [0.717, 1.165) is 4.47 Å². The fourth-order valence-corrected chi connectivity index (χ4v) is 2.13. The van der Waals surface area contributed by atoms with E-state index in [2.05, 4.69) is 31.4 Å². The Morgan fingerprint density at radius 1 is 1.41 bits per heavy atom. The van der Waals surface area contributed by atoms with Gasteiger partial charge in [0.1, 0.15) is 5.69 Å². The first-order valence-corrected chi connectivity index (χ1v) is 7.11. The van der Waals surface area contributed by atoms with Gasteiger partial charge in [0, 0.05) is 27.9 Å². The van der Waals surface area contributed by atoms with Crippen LogP contribution in [0.4, 0.5) is 5.69 Å². The van der Waals surface area contributed by atoms with Crippen LogP contribution in [0, 0.1) is 17.0 Å². The number of hydrazone groups is 1. The normalized spacial score (nSPS) is 11.3. The smallest absolute Gasteiger partial charge is 0.287 e. The van der Waals surface area contributed by atoms with Crippen LogP contribution in [0.1, 0.15) is 28.5 Å². The van der Waals surface area contributed by atoms with Gasteiger partial charge in [0.2, 0.25) is 0 Å². The molecule has 0 aliphatic heterocycles. The predicted octanol–water partition coefficient (Wildman–Crippen LogP) is 3.15. The van der Waals surface area contributed by atoms with Gasteiger partial charge >= 0.3 is 0 Å². The monoisotopic (exact) mass is 364 g/mol. The van der Waals surface area contributed by atoms with Crippen LogP contribution in [0.3, 0.4) is 0 Å². The molecule has 0 aliphatic carbocycles. The fourth-order valence-electron chi connectivity index (χ4n) is 1.79. The van der Waals surface area contributed by atoms with Crippen LogP contribution < -0.4 is 5.43 Å². The number of nitrogens with one attached hydrogen (secondary N) is 2. The summed E-state index contributed by atoms with van der Waals surface area (Å²) < 4.78 is 0.757. The molecule has 0 unspecified atom stereocenters. The van der Waals surface area contributed by atoms with Gasteiger partial charge in [-0.15, -0.1) is 0 Å². The quantitative estimate of drug-likeness (QED) is 0.494. The molecular weight excluding hydrogens is 352 g/mol. The zero-order valence-corrected chi connectivity index (χ0v) is 13.5. The average molecular weight is 365 g/mol. The largest absolute Gasteiger partial charge is 0.356 e. The lowest BCUT2D eigenvalue weighted by atomic mass is 10.1. The van der Waals surface area contributed by atoms with Crippen LogP contribution in [0.25, 0.3) is 0 Å². The van der Waals surface area contributed by atoms with E-state index in [4.69, 9.17) is 0 Å².